The maximum absolute atomic E-state index is 11.6. The van der Waals surface area contributed by atoms with Gasteiger partial charge in [-0.1, -0.05) is 13.3 Å². The SMILES string of the molecule is CCCCN(CC(=O)NC(C)(C)C)C(C)=O. The summed E-state index contributed by atoms with van der Waals surface area (Å²) in [5.74, 6) is -0.142. The number of amides is 2. The van der Waals surface area contributed by atoms with Crippen LogP contribution in [-0.2, 0) is 9.59 Å². The Balaban J connectivity index is 4.19. The zero-order chi connectivity index (χ0) is 12.8. The molecule has 0 unspecified atom stereocenters. The molecule has 16 heavy (non-hydrogen) atoms. The Morgan fingerprint density at radius 1 is 1.25 bits per heavy atom. The highest BCUT2D eigenvalue weighted by atomic mass is 16.2. The molecule has 4 heteroatoms. The van der Waals surface area contributed by atoms with Crippen LogP contribution in [0.1, 0.15) is 47.5 Å². The number of nitrogens with zero attached hydrogens (tertiary/aromatic N) is 1. The Bertz CT molecular complexity index is 244. The van der Waals surface area contributed by atoms with E-state index in [1.54, 1.807) is 4.90 Å². The van der Waals surface area contributed by atoms with Crippen LogP contribution in [0.5, 0.6) is 0 Å². The van der Waals surface area contributed by atoms with Crippen LogP contribution < -0.4 is 5.32 Å². The summed E-state index contributed by atoms with van der Waals surface area (Å²) in [7, 11) is 0. The topological polar surface area (TPSA) is 49.4 Å². The Labute approximate surface area is 98.4 Å². The monoisotopic (exact) mass is 228 g/mol. The van der Waals surface area contributed by atoms with Gasteiger partial charge in [-0.15, -0.1) is 0 Å². The van der Waals surface area contributed by atoms with Crippen molar-refractivity contribution in [1.82, 2.24) is 10.2 Å². The lowest BCUT2D eigenvalue weighted by Crippen LogP contribution is -2.47. The third-order valence-electron chi connectivity index (χ3n) is 2.08. The highest BCUT2D eigenvalue weighted by molar-refractivity contribution is 5.84. The van der Waals surface area contributed by atoms with Crippen molar-refractivity contribution in [3.63, 3.8) is 0 Å². The lowest BCUT2D eigenvalue weighted by molar-refractivity contribution is -0.135. The first kappa shape index (κ1) is 14.9. The van der Waals surface area contributed by atoms with Gasteiger partial charge < -0.3 is 10.2 Å². The van der Waals surface area contributed by atoms with Crippen molar-refractivity contribution < 1.29 is 9.59 Å². The summed E-state index contributed by atoms with van der Waals surface area (Å²) in [6.07, 6.45) is 1.95. The van der Waals surface area contributed by atoms with E-state index in [4.69, 9.17) is 0 Å². The molecule has 0 aliphatic rings. The van der Waals surface area contributed by atoms with Crippen molar-refractivity contribution in [3.05, 3.63) is 0 Å². The summed E-state index contributed by atoms with van der Waals surface area (Å²) < 4.78 is 0. The second kappa shape index (κ2) is 6.51. The molecular weight excluding hydrogens is 204 g/mol. The fourth-order valence-corrected chi connectivity index (χ4v) is 1.33. The molecule has 0 aromatic rings. The van der Waals surface area contributed by atoms with Gasteiger partial charge in [-0.05, 0) is 27.2 Å². The predicted molar refractivity (Wildman–Crippen MR) is 65.1 cm³/mol. The largest absolute Gasteiger partial charge is 0.350 e. The van der Waals surface area contributed by atoms with Crippen LogP contribution in [0, 0.1) is 0 Å². The molecule has 0 saturated heterocycles. The van der Waals surface area contributed by atoms with E-state index in [0.717, 1.165) is 12.8 Å². The first-order chi connectivity index (χ1) is 7.26. The molecule has 0 rings (SSSR count). The van der Waals surface area contributed by atoms with Crippen LogP contribution in [0.15, 0.2) is 0 Å². The van der Waals surface area contributed by atoms with Gasteiger partial charge in [0.2, 0.25) is 11.8 Å². The molecule has 4 nitrogen and oxygen atoms in total. The van der Waals surface area contributed by atoms with Crippen LogP contribution in [0.4, 0.5) is 0 Å². The zero-order valence-corrected chi connectivity index (χ0v) is 11.1. The predicted octanol–water partition coefficient (Wildman–Crippen LogP) is 1.55. The van der Waals surface area contributed by atoms with Gasteiger partial charge in [0, 0.05) is 19.0 Å². The number of nitrogens with one attached hydrogen (secondary N) is 1. The van der Waals surface area contributed by atoms with Crippen LogP contribution in [0.2, 0.25) is 0 Å². The van der Waals surface area contributed by atoms with E-state index in [1.807, 2.05) is 20.8 Å². The second-order valence-corrected chi connectivity index (χ2v) is 5.09. The number of hydrogen-bond donors (Lipinski definition) is 1. The minimum absolute atomic E-state index is 0.0440. The average molecular weight is 228 g/mol. The number of unbranched alkanes of at least 4 members (excludes halogenated alkanes) is 1. The molecule has 0 saturated carbocycles. The quantitative estimate of drug-likeness (QED) is 0.776. The second-order valence-electron chi connectivity index (χ2n) is 5.09. The third kappa shape index (κ3) is 7.26. The highest BCUT2D eigenvalue weighted by Gasteiger charge is 2.17. The first-order valence-electron chi connectivity index (χ1n) is 5.82. The summed E-state index contributed by atoms with van der Waals surface area (Å²) in [4.78, 5) is 24.5. The minimum Gasteiger partial charge on any atom is -0.350 e. The molecule has 0 spiro atoms. The fraction of sp³-hybridized carbons (Fsp3) is 0.833. The summed E-state index contributed by atoms with van der Waals surface area (Å²) >= 11 is 0. The van der Waals surface area contributed by atoms with E-state index in [1.165, 1.54) is 6.92 Å². The summed E-state index contributed by atoms with van der Waals surface area (Å²) in [6, 6.07) is 0. The minimum atomic E-state index is -0.246. The Hall–Kier alpha value is -1.06. The maximum Gasteiger partial charge on any atom is 0.240 e. The van der Waals surface area contributed by atoms with Crippen molar-refractivity contribution in [2.24, 2.45) is 0 Å². The van der Waals surface area contributed by atoms with Gasteiger partial charge in [0.15, 0.2) is 0 Å². The van der Waals surface area contributed by atoms with Gasteiger partial charge >= 0.3 is 0 Å². The molecule has 0 aromatic heterocycles. The zero-order valence-electron chi connectivity index (χ0n) is 11.1. The molecule has 0 radical (unpaired) electrons. The number of rotatable bonds is 5. The normalized spacial score (nSPS) is 11.1. The Kier molecular flexibility index (Phi) is 6.08. The maximum atomic E-state index is 11.6. The molecule has 0 aromatic carbocycles. The molecule has 0 aliphatic heterocycles. The van der Waals surface area contributed by atoms with Crippen LogP contribution in [0.25, 0.3) is 0 Å². The summed E-state index contributed by atoms with van der Waals surface area (Å²) in [5, 5.41) is 2.85. The van der Waals surface area contributed by atoms with E-state index < -0.39 is 0 Å². The van der Waals surface area contributed by atoms with E-state index in [0.29, 0.717) is 6.54 Å². The molecule has 0 heterocycles. The summed E-state index contributed by atoms with van der Waals surface area (Å²) in [5.41, 5.74) is -0.246. The van der Waals surface area contributed by atoms with Gasteiger partial charge in [-0.25, -0.2) is 0 Å². The number of hydrogen-bond acceptors (Lipinski definition) is 2. The standard InChI is InChI=1S/C12H24N2O2/c1-6-7-8-14(10(2)15)9-11(16)13-12(3,4)5/h6-9H2,1-5H3,(H,13,16). The molecule has 0 aliphatic carbocycles. The fourth-order valence-electron chi connectivity index (χ4n) is 1.33. The third-order valence-corrected chi connectivity index (χ3v) is 2.08. The molecule has 0 fully saturated rings. The van der Waals surface area contributed by atoms with Crippen LogP contribution >= 0.6 is 0 Å². The molecular formula is C12H24N2O2. The van der Waals surface area contributed by atoms with Crippen molar-refractivity contribution in [2.45, 2.75) is 53.0 Å². The first-order valence-corrected chi connectivity index (χ1v) is 5.82. The van der Waals surface area contributed by atoms with Crippen LogP contribution in [-0.4, -0.2) is 35.3 Å². The average Bonchev–Trinajstić information content (AvgIpc) is 2.08. The Morgan fingerprint density at radius 2 is 1.81 bits per heavy atom. The van der Waals surface area contributed by atoms with Crippen molar-refractivity contribution in [2.75, 3.05) is 13.1 Å². The summed E-state index contributed by atoms with van der Waals surface area (Å²) in [6.45, 7) is 10.2. The van der Waals surface area contributed by atoms with Gasteiger partial charge in [0.25, 0.3) is 0 Å². The lowest BCUT2D eigenvalue weighted by atomic mass is 10.1. The lowest BCUT2D eigenvalue weighted by Gasteiger charge is -2.25. The molecule has 1 N–H and O–H groups in total. The van der Waals surface area contributed by atoms with Crippen LogP contribution in [0.3, 0.4) is 0 Å². The molecule has 2 amide bonds. The van der Waals surface area contributed by atoms with Gasteiger partial charge in [-0.3, -0.25) is 9.59 Å². The molecule has 0 atom stereocenters. The van der Waals surface area contributed by atoms with Crippen molar-refractivity contribution in [3.8, 4) is 0 Å². The van der Waals surface area contributed by atoms with E-state index in [-0.39, 0.29) is 23.9 Å². The van der Waals surface area contributed by atoms with Gasteiger partial charge in [0.1, 0.15) is 0 Å². The van der Waals surface area contributed by atoms with Crippen molar-refractivity contribution in [1.29, 1.82) is 0 Å². The van der Waals surface area contributed by atoms with E-state index >= 15 is 0 Å². The highest BCUT2D eigenvalue weighted by Crippen LogP contribution is 2.00. The van der Waals surface area contributed by atoms with Crippen molar-refractivity contribution >= 4 is 11.8 Å². The van der Waals surface area contributed by atoms with Gasteiger partial charge in [-0.2, -0.15) is 0 Å². The number of carbonyl (C=O) groups is 2. The smallest absolute Gasteiger partial charge is 0.240 e. The molecule has 0 bridgehead atoms. The van der Waals surface area contributed by atoms with E-state index in [2.05, 4.69) is 12.2 Å². The number of carbonyl (C=O) groups excluding carboxylic acids is 2. The molecule has 94 valence electrons. The van der Waals surface area contributed by atoms with E-state index in [9.17, 15) is 9.59 Å². The Morgan fingerprint density at radius 3 is 2.19 bits per heavy atom. The van der Waals surface area contributed by atoms with Gasteiger partial charge in [0.05, 0.1) is 6.54 Å².